The largest absolute Gasteiger partial charge is 0.393 e. The molecule has 1 saturated carbocycles. The van der Waals surface area contributed by atoms with Crippen LogP contribution in [0.15, 0.2) is 0 Å². The molecule has 1 saturated heterocycles. The minimum atomic E-state index is -0.186. The number of hydrogen-bond acceptors (Lipinski definition) is 2. The van der Waals surface area contributed by atoms with E-state index in [2.05, 4.69) is 18.7 Å². The minimum Gasteiger partial charge on any atom is -0.393 e. The van der Waals surface area contributed by atoms with Gasteiger partial charge in [-0.1, -0.05) is 33.1 Å². The van der Waals surface area contributed by atoms with Crippen molar-refractivity contribution in [1.29, 1.82) is 0 Å². The van der Waals surface area contributed by atoms with E-state index in [1.165, 1.54) is 6.42 Å². The second-order valence-corrected chi connectivity index (χ2v) is 6.45. The average molecular weight is 267 g/mol. The fraction of sp³-hybridized carbons (Fsp3) is 0.938. The molecule has 0 aromatic heterocycles. The molecular weight excluding hydrogens is 238 g/mol. The zero-order chi connectivity index (χ0) is 13.8. The van der Waals surface area contributed by atoms with Gasteiger partial charge in [-0.15, -0.1) is 0 Å². The van der Waals surface area contributed by atoms with Crippen LogP contribution in [-0.4, -0.2) is 34.6 Å². The third-order valence-corrected chi connectivity index (χ3v) is 5.00. The van der Waals surface area contributed by atoms with Crippen molar-refractivity contribution in [2.75, 3.05) is 6.54 Å². The van der Waals surface area contributed by atoms with Gasteiger partial charge in [0.25, 0.3) is 0 Å². The Labute approximate surface area is 117 Å². The van der Waals surface area contributed by atoms with E-state index < -0.39 is 0 Å². The molecule has 1 N–H and O–H groups in total. The molecule has 0 aromatic rings. The van der Waals surface area contributed by atoms with E-state index >= 15 is 0 Å². The molecule has 19 heavy (non-hydrogen) atoms. The Hall–Kier alpha value is -0.570. The monoisotopic (exact) mass is 267 g/mol. The van der Waals surface area contributed by atoms with Crippen molar-refractivity contribution in [3.8, 4) is 0 Å². The van der Waals surface area contributed by atoms with Crippen LogP contribution in [0.25, 0.3) is 0 Å². The molecule has 110 valence electrons. The van der Waals surface area contributed by atoms with Crippen molar-refractivity contribution < 1.29 is 9.90 Å². The summed E-state index contributed by atoms with van der Waals surface area (Å²) in [4.78, 5) is 14.6. The molecule has 3 heteroatoms. The summed E-state index contributed by atoms with van der Waals surface area (Å²) in [6.45, 7) is 5.09. The normalized spacial score (nSPS) is 33.4. The van der Waals surface area contributed by atoms with E-state index in [9.17, 15) is 9.90 Å². The van der Waals surface area contributed by atoms with E-state index in [-0.39, 0.29) is 12.0 Å². The van der Waals surface area contributed by atoms with Crippen molar-refractivity contribution in [3.63, 3.8) is 0 Å². The Morgan fingerprint density at radius 1 is 1.26 bits per heavy atom. The van der Waals surface area contributed by atoms with Crippen LogP contribution in [0.3, 0.4) is 0 Å². The minimum absolute atomic E-state index is 0.145. The number of rotatable bonds is 4. The van der Waals surface area contributed by atoms with Crippen LogP contribution in [0.4, 0.5) is 0 Å². The van der Waals surface area contributed by atoms with E-state index in [1.807, 2.05) is 0 Å². The van der Waals surface area contributed by atoms with E-state index in [0.29, 0.717) is 17.9 Å². The van der Waals surface area contributed by atoms with Gasteiger partial charge in [0.2, 0.25) is 5.91 Å². The summed E-state index contributed by atoms with van der Waals surface area (Å²) in [5.74, 6) is 0.794. The van der Waals surface area contributed by atoms with Crippen LogP contribution in [0.1, 0.15) is 65.2 Å². The van der Waals surface area contributed by atoms with Crippen LogP contribution in [0.2, 0.25) is 0 Å². The summed E-state index contributed by atoms with van der Waals surface area (Å²) in [7, 11) is 0. The highest BCUT2D eigenvalue weighted by molar-refractivity contribution is 5.79. The molecule has 4 unspecified atom stereocenters. The van der Waals surface area contributed by atoms with Gasteiger partial charge in [-0.05, 0) is 32.1 Å². The van der Waals surface area contributed by atoms with Gasteiger partial charge in [-0.25, -0.2) is 0 Å². The first kappa shape index (κ1) is 14.8. The zero-order valence-corrected chi connectivity index (χ0v) is 12.5. The Bertz CT molecular complexity index is 305. The van der Waals surface area contributed by atoms with Crippen molar-refractivity contribution in [3.05, 3.63) is 0 Å². The van der Waals surface area contributed by atoms with Crippen molar-refractivity contribution >= 4 is 5.91 Å². The molecule has 2 rings (SSSR count). The van der Waals surface area contributed by atoms with Gasteiger partial charge < -0.3 is 10.0 Å². The number of carbonyl (C=O) groups is 1. The third-order valence-electron chi connectivity index (χ3n) is 5.00. The summed E-state index contributed by atoms with van der Waals surface area (Å²) in [6.07, 6.45) is 8.44. The van der Waals surface area contributed by atoms with Crippen LogP contribution in [-0.2, 0) is 4.79 Å². The molecule has 3 nitrogen and oxygen atoms in total. The molecule has 4 atom stereocenters. The van der Waals surface area contributed by atoms with Crippen molar-refractivity contribution in [2.45, 2.75) is 77.4 Å². The molecule has 2 fully saturated rings. The predicted octanol–water partition coefficient (Wildman–Crippen LogP) is 2.96. The quantitative estimate of drug-likeness (QED) is 0.850. The van der Waals surface area contributed by atoms with E-state index in [1.54, 1.807) is 0 Å². The highest BCUT2D eigenvalue weighted by Gasteiger charge is 2.39. The molecule has 1 aliphatic heterocycles. The zero-order valence-electron chi connectivity index (χ0n) is 12.5. The first-order valence-electron chi connectivity index (χ1n) is 8.13. The third kappa shape index (κ3) is 3.31. The Kier molecular flexibility index (Phi) is 5.26. The SMILES string of the molecule is CCCC(C)C(=O)N1CCCC1C1CCCCC1O. The molecule has 1 heterocycles. The Morgan fingerprint density at radius 3 is 2.68 bits per heavy atom. The molecule has 2 aliphatic rings. The molecule has 1 amide bonds. The number of amides is 1. The van der Waals surface area contributed by atoms with Crippen LogP contribution >= 0.6 is 0 Å². The lowest BCUT2D eigenvalue weighted by molar-refractivity contribution is -0.138. The maximum atomic E-state index is 12.5. The number of aliphatic hydroxyl groups is 1. The predicted molar refractivity (Wildman–Crippen MR) is 76.8 cm³/mol. The summed E-state index contributed by atoms with van der Waals surface area (Å²) < 4.78 is 0. The van der Waals surface area contributed by atoms with Gasteiger partial charge in [0, 0.05) is 24.4 Å². The second-order valence-electron chi connectivity index (χ2n) is 6.45. The fourth-order valence-electron chi connectivity index (χ4n) is 3.94. The molecule has 0 radical (unpaired) electrons. The number of aliphatic hydroxyl groups excluding tert-OH is 1. The van der Waals surface area contributed by atoms with Gasteiger partial charge in [-0.3, -0.25) is 4.79 Å². The van der Waals surface area contributed by atoms with Gasteiger partial charge in [0.05, 0.1) is 6.10 Å². The number of likely N-dealkylation sites (tertiary alicyclic amines) is 1. The molecular formula is C16H29NO2. The Balaban J connectivity index is 2.01. The van der Waals surface area contributed by atoms with Gasteiger partial charge in [0.15, 0.2) is 0 Å². The van der Waals surface area contributed by atoms with Gasteiger partial charge >= 0.3 is 0 Å². The number of nitrogens with zero attached hydrogens (tertiary/aromatic N) is 1. The fourth-order valence-corrected chi connectivity index (χ4v) is 3.94. The lowest BCUT2D eigenvalue weighted by Crippen LogP contribution is -2.46. The maximum absolute atomic E-state index is 12.5. The lowest BCUT2D eigenvalue weighted by Gasteiger charge is -2.38. The standard InChI is InChI=1S/C16H29NO2/c1-3-7-12(2)16(19)17-11-6-9-14(17)13-8-4-5-10-15(13)18/h12-15,18H,3-11H2,1-2H3. The summed E-state index contributed by atoms with van der Waals surface area (Å²) >= 11 is 0. The second kappa shape index (κ2) is 6.74. The smallest absolute Gasteiger partial charge is 0.225 e. The molecule has 0 bridgehead atoms. The van der Waals surface area contributed by atoms with Crippen molar-refractivity contribution in [1.82, 2.24) is 4.90 Å². The lowest BCUT2D eigenvalue weighted by atomic mass is 9.80. The van der Waals surface area contributed by atoms with E-state index in [0.717, 1.165) is 51.5 Å². The highest BCUT2D eigenvalue weighted by Crippen LogP contribution is 2.35. The van der Waals surface area contributed by atoms with Gasteiger partial charge in [0.1, 0.15) is 0 Å². The first-order valence-corrected chi connectivity index (χ1v) is 8.13. The van der Waals surface area contributed by atoms with Crippen LogP contribution in [0.5, 0.6) is 0 Å². The topological polar surface area (TPSA) is 40.5 Å². The van der Waals surface area contributed by atoms with Crippen molar-refractivity contribution in [2.24, 2.45) is 11.8 Å². The number of hydrogen-bond donors (Lipinski definition) is 1. The molecule has 0 spiro atoms. The number of carbonyl (C=O) groups excluding carboxylic acids is 1. The maximum Gasteiger partial charge on any atom is 0.225 e. The van der Waals surface area contributed by atoms with Crippen LogP contribution in [0, 0.1) is 11.8 Å². The summed E-state index contributed by atoms with van der Waals surface area (Å²) in [5, 5.41) is 10.2. The van der Waals surface area contributed by atoms with Crippen LogP contribution < -0.4 is 0 Å². The Morgan fingerprint density at radius 2 is 2.00 bits per heavy atom. The highest BCUT2D eigenvalue weighted by atomic mass is 16.3. The molecule has 1 aliphatic carbocycles. The van der Waals surface area contributed by atoms with Gasteiger partial charge in [-0.2, -0.15) is 0 Å². The average Bonchev–Trinajstić information content (AvgIpc) is 2.87. The summed E-state index contributed by atoms with van der Waals surface area (Å²) in [5.41, 5.74) is 0. The van der Waals surface area contributed by atoms with E-state index in [4.69, 9.17) is 0 Å². The first-order chi connectivity index (χ1) is 9.15. The summed E-state index contributed by atoms with van der Waals surface area (Å²) in [6, 6.07) is 0.308. The molecule has 0 aromatic carbocycles.